The smallest absolute Gasteiger partial charge is 0.286 e. The molecule has 32 heavy (non-hydrogen) atoms. The normalized spacial score (nSPS) is 15.6. The number of aryl methyl sites for hydroxylation is 1. The summed E-state index contributed by atoms with van der Waals surface area (Å²) in [4.78, 5) is 12.6. The summed E-state index contributed by atoms with van der Waals surface area (Å²) in [5, 5.41) is 11.0. The molecule has 1 aliphatic heterocycles. The lowest BCUT2D eigenvalue weighted by atomic mass is 9.99. The van der Waals surface area contributed by atoms with Gasteiger partial charge in [-0.1, -0.05) is 23.5 Å². The lowest BCUT2D eigenvalue weighted by Gasteiger charge is -2.30. The molecule has 0 aliphatic carbocycles. The number of amides is 1. The van der Waals surface area contributed by atoms with Gasteiger partial charge in [-0.25, -0.2) is 17.2 Å². The molecule has 1 N–H and O–H groups in total. The third-order valence-electron chi connectivity index (χ3n) is 5.24. The van der Waals surface area contributed by atoms with Crippen molar-refractivity contribution in [3.05, 3.63) is 69.7 Å². The van der Waals surface area contributed by atoms with Gasteiger partial charge in [0.05, 0.1) is 10.6 Å². The number of carbonyl (C=O) groups is 1. The number of halogens is 2. The fourth-order valence-electron chi connectivity index (χ4n) is 3.53. The van der Waals surface area contributed by atoms with Gasteiger partial charge in [0, 0.05) is 25.1 Å². The van der Waals surface area contributed by atoms with Crippen molar-refractivity contribution in [1.82, 2.24) is 14.5 Å². The fraction of sp³-hybridized carbons (Fsp3) is 0.286. The van der Waals surface area contributed by atoms with Gasteiger partial charge in [-0.2, -0.15) is 4.31 Å². The van der Waals surface area contributed by atoms with E-state index >= 15 is 0 Å². The third kappa shape index (κ3) is 4.69. The molecule has 11 heteroatoms. The Morgan fingerprint density at radius 2 is 1.88 bits per heavy atom. The van der Waals surface area contributed by atoms with Crippen LogP contribution in [0, 0.1) is 18.6 Å². The molecule has 1 saturated heterocycles. The van der Waals surface area contributed by atoms with Crippen molar-refractivity contribution < 1.29 is 22.0 Å². The summed E-state index contributed by atoms with van der Waals surface area (Å²) in [6, 6.07) is 9.67. The predicted molar refractivity (Wildman–Crippen MR) is 116 cm³/mol. The van der Waals surface area contributed by atoms with E-state index in [1.807, 2.05) is 13.0 Å². The molecular formula is C21H20F2N4O3S2. The Labute approximate surface area is 188 Å². The molecule has 0 spiro atoms. The van der Waals surface area contributed by atoms with Crippen LogP contribution in [0.4, 0.5) is 14.5 Å². The fourth-order valence-corrected chi connectivity index (χ4v) is 6.01. The van der Waals surface area contributed by atoms with Crippen molar-refractivity contribution in [3.63, 3.8) is 0 Å². The van der Waals surface area contributed by atoms with Crippen LogP contribution in [0.3, 0.4) is 0 Å². The second-order valence-electron chi connectivity index (χ2n) is 7.52. The standard InChI is InChI=1S/C21H20F2N4O3S2/c1-13-3-2-4-16(11-13)32(29,30)27-9-7-14(8-10-27)20-25-26-21(31-20)19(28)24-18-6-5-15(22)12-17(18)23/h2-6,11-12,14H,7-10H2,1H3,(H,24,28). The number of piperidine rings is 1. The highest BCUT2D eigenvalue weighted by molar-refractivity contribution is 7.89. The zero-order chi connectivity index (χ0) is 22.9. The molecule has 1 aliphatic rings. The van der Waals surface area contributed by atoms with Crippen LogP contribution < -0.4 is 5.32 Å². The number of anilines is 1. The first-order valence-corrected chi connectivity index (χ1v) is 12.2. The predicted octanol–water partition coefficient (Wildman–Crippen LogP) is 3.95. The average Bonchev–Trinajstić information content (AvgIpc) is 3.26. The molecule has 0 unspecified atom stereocenters. The third-order valence-corrected chi connectivity index (χ3v) is 8.22. The van der Waals surface area contributed by atoms with Crippen LogP contribution in [-0.4, -0.2) is 41.9 Å². The van der Waals surface area contributed by atoms with E-state index in [-0.39, 0.29) is 21.5 Å². The monoisotopic (exact) mass is 478 g/mol. The maximum absolute atomic E-state index is 13.8. The first kappa shape index (κ1) is 22.4. The maximum Gasteiger partial charge on any atom is 0.286 e. The van der Waals surface area contributed by atoms with E-state index in [9.17, 15) is 22.0 Å². The van der Waals surface area contributed by atoms with Crippen LogP contribution in [0.25, 0.3) is 0 Å². The molecule has 0 atom stereocenters. The minimum Gasteiger partial charge on any atom is -0.317 e. The molecule has 4 rings (SSSR count). The van der Waals surface area contributed by atoms with Crippen molar-refractivity contribution in [2.45, 2.75) is 30.6 Å². The summed E-state index contributed by atoms with van der Waals surface area (Å²) < 4.78 is 54.0. The lowest BCUT2D eigenvalue weighted by Crippen LogP contribution is -2.37. The highest BCUT2D eigenvalue weighted by Crippen LogP contribution is 2.32. The molecule has 1 fully saturated rings. The number of carbonyl (C=O) groups excluding carboxylic acids is 1. The molecule has 1 aromatic heterocycles. The molecule has 2 aromatic carbocycles. The Hall–Kier alpha value is -2.76. The molecule has 0 radical (unpaired) electrons. The minimum absolute atomic E-state index is 0.0273. The quantitative estimate of drug-likeness (QED) is 0.600. The summed E-state index contributed by atoms with van der Waals surface area (Å²) in [5.41, 5.74) is 0.726. The van der Waals surface area contributed by atoms with Crippen molar-refractivity contribution in [1.29, 1.82) is 0 Å². The number of hydrogen-bond acceptors (Lipinski definition) is 6. The molecule has 1 amide bonds. The van der Waals surface area contributed by atoms with E-state index in [2.05, 4.69) is 15.5 Å². The SMILES string of the molecule is Cc1cccc(S(=O)(=O)N2CCC(c3nnc(C(=O)Nc4ccc(F)cc4F)s3)CC2)c1. The Bertz CT molecular complexity index is 1260. The van der Waals surface area contributed by atoms with Gasteiger partial charge in [-0.15, -0.1) is 10.2 Å². The highest BCUT2D eigenvalue weighted by Gasteiger charge is 2.31. The number of benzene rings is 2. The van der Waals surface area contributed by atoms with Crippen molar-refractivity contribution >= 4 is 33.0 Å². The molecule has 7 nitrogen and oxygen atoms in total. The number of aromatic nitrogens is 2. The molecular weight excluding hydrogens is 458 g/mol. The van der Waals surface area contributed by atoms with Crippen LogP contribution in [0.15, 0.2) is 47.4 Å². The number of nitrogens with zero attached hydrogens (tertiary/aromatic N) is 3. The van der Waals surface area contributed by atoms with Crippen LogP contribution in [0.2, 0.25) is 0 Å². The highest BCUT2D eigenvalue weighted by atomic mass is 32.2. The molecule has 3 aromatic rings. The van der Waals surface area contributed by atoms with E-state index in [0.29, 0.717) is 37.0 Å². The van der Waals surface area contributed by atoms with Gasteiger partial charge in [0.25, 0.3) is 5.91 Å². The average molecular weight is 479 g/mol. The number of sulfonamides is 1. The Balaban J connectivity index is 1.40. The second kappa shape index (κ2) is 9.00. The summed E-state index contributed by atoms with van der Waals surface area (Å²) >= 11 is 1.08. The maximum atomic E-state index is 13.8. The Morgan fingerprint density at radius 1 is 1.12 bits per heavy atom. The van der Waals surface area contributed by atoms with Crippen molar-refractivity contribution in [2.75, 3.05) is 18.4 Å². The van der Waals surface area contributed by atoms with Gasteiger partial charge in [-0.05, 0) is 49.6 Å². The molecule has 0 bridgehead atoms. The lowest BCUT2D eigenvalue weighted by molar-refractivity contribution is 0.102. The Kier molecular flexibility index (Phi) is 6.31. The Morgan fingerprint density at radius 3 is 2.56 bits per heavy atom. The second-order valence-corrected chi connectivity index (χ2v) is 10.5. The van der Waals surface area contributed by atoms with E-state index < -0.39 is 27.6 Å². The first-order valence-electron chi connectivity index (χ1n) is 9.90. The zero-order valence-corrected chi connectivity index (χ0v) is 18.7. The van der Waals surface area contributed by atoms with Gasteiger partial charge in [0.1, 0.15) is 16.6 Å². The van der Waals surface area contributed by atoms with Gasteiger partial charge in [0.15, 0.2) is 0 Å². The topological polar surface area (TPSA) is 92.3 Å². The van der Waals surface area contributed by atoms with Crippen LogP contribution in [0.5, 0.6) is 0 Å². The van der Waals surface area contributed by atoms with Crippen molar-refractivity contribution in [2.24, 2.45) is 0 Å². The minimum atomic E-state index is -3.57. The summed E-state index contributed by atoms with van der Waals surface area (Å²) in [7, 11) is -3.57. The molecule has 168 valence electrons. The van der Waals surface area contributed by atoms with E-state index in [0.717, 1.165) is 29.0 Å². The zero-order valence-electron chi connectivity index (χ0n) is 17.1. The van der Waals surface area contributed by atoms with Gasteiger partial charge in [-0.3, -0.25) is 4.79 Å². The van der Waals surface area contributed by atoms with Gasteiger partial charge in [0.2, 0.25) is 15.0 Å². The molecule has 0 saturated carbocycles. The van der Waals surface area contributed by atoms with E-state index in [1.54, 1.807) is 18.2 Å². The molecule has 2 heterocycles. The number of hydrogen-bond donors (Lipinski definition) is 1. The van der Waals surface area contributed by atoms with E-state index in [4.69, 9.17) is 0 Å². The largest absolute Gasteiger partial charge is 0.317 e. The van der Waals surface area contributed by atoms with Gasteiger partial charge < -0.3 is 5.32 Å². The summed E-state index contributed by atoms with van der Waals surface area (Å²) in [5.74, 6) is -2.29. The van der Waals surface area contributed by atoms with Gasteiger partial charge >= 0.3 is 0 Å². The van der Waals surface area contributed by atoms with Crippen LogP contribution >= 0.6 is 11.3 Å². The first-order chi connectivity index (χ1) is 15.2. The van der Waals surface area contributed by atoms with Crippen LogP contribution in [0.1, 0.15) is 39.1 Å². The summed E-state index contributed by atoms with van der Waals surface area (Å²) in [6.07, 6.45) is 1.10. The van der Waals surface area contributed by atoms with E-state index in [1.165, 1.54) is 4.31 Å². The van der Waals surface area contributed by atoms with Crippen molar-refractivity contribution in [3.8, 4) is 0 Å². The summed E-state index contributed by atoms with van der Waals surface area (Å²) in [6.45, 7) is 2.52. The van der Waals surface area contributed by atoms with Crippen LogP contribution in [-0.2, 0) is 10.0 Å². The number of rotatable bonds is 5. The number of nitrogens with one attached hydrogen (secondary N) is 1.